The lowest BCUT2D eigenvalue weighted by atomic mass is 9.76. The van der Waals surface area contributed by atoms with E-state index in [-0.39, 0.29) is 11.9 Å². The highest BCUT2D eigenvalue weighted by Crippen LogP contribution is 2.47. The Hall–Kier alpha value is -0.450. The van der Waals surface area contributed by atoms with Crippen LogP contribution in [0.4, 0.5) is 4.39 Å². The summed E-state index contributed by atoms with van der Waals surface area (Å²) < 4.78 is 14.1. The van der Waals surface area contributed by atoms with Gasteiger partial charge in [-0.25, -0.2) is 4.39 Å². The second-order valence-electron chi connectivity index (χ2n) is 6.66. The molecule has 1 heterocycles. The van der Waals surface area contributed by atoms with Crippen molar-refractivity contribution in [3.05, 3.63) is 34.1 Å². The SMILES string of the molecule is NCC(c1ccc(F)cc1Br)N1CCC2(CCCC2)CC1. The van der Waals surface area contributed by atoms with E-state index < -0.39 is 0 Å². The standard InChI is InChI=1S/C17H24BrFN2/c18-15-11-13(19)3-4-14(15)16(12-20)21-9-7-17(8-10-21)5-1-2-6-17/h3-4,11,16H,1-2,5-10,12,20H2. The Labute approximate surface area is 135 Å². The van der Waals surface area contributed by atoms with Crippen LogP contribution in [0.1, 0.15) is 50.1 Å². The topological polar surface area (TPSA) is 29.3 Å². The van der Waals surface area contributed by atoms with Crippen LogP contribution in [0.25, 0.3) is 0 Å². The molecule has 116 valence electrons. The summed E-state index contributed by atoms with van der Waals surface area (Å²) in [6, 6.07) is 5.14. The van der Waals surface area contributed by atoms with Gasteiger partial charge in [0, 0.05) is 17.1 Å². The largest absolute Gasteiger partial charge is 0.329 e. The molecule has 0 amide bonds. The molecule has 2 fully saturated rings. The van der Waals surface area contributed by atoms with Crippen molar-refractivity contribution in [2.45, 2.75) is 44.6 Å². The van der Waals surface area contributed by atoms with E-state index in [1.165, 1.54) is 44.6 Å². The van der Waals surface area contributed by atoms with Crippen LogP contribution in [0.2, 0.25) is 0 Å². The summed E-state index contributed by atoms with van der Waals surface area (Å²) in [6.07, 6.45) is 8.22. The Morgan fingerprint density at radius 2 is 1.86 bits per heavy atom. The number of nitrogens with two attached hydrogens (primary N) is 1. The summed E-state index contributed by atoms with van der Waals surface area (Å²) in [7, 11) is 0. The molecule has 1 saturated carbocycles. The fourth-order valence-electron chi connectivity index (χ4n) is 4.18. The van der Waals surface area contributed by atoms with Gasteiger partial charge in [0.25, 0.3) is 0 Å². The highest BCUT2D eigenvalue weighted by Gasteiger charge is 2.38. The van der Waals surface area contributed by atoms with E-state index in [0.29, 0.717) is 12.0 Å². The average molecular weight is 355 g/mol. The maximum atomic E-state index is 13.3. The number of hydrogen-bond acceptors (Lipinski definition) is 2. The van der Waals surface area contributed by atoms with E-state index in [0.717, 1.165) is 23.1 Å². The molecule has 1 unspecified atom stereocenters. The molecule has 1 aliphatic carbocycles. The summed E-state index contributed by atoms with van der Waals surface area (Å²) in [6.45, 7) is 2.81. The monoisotopic (exact) mass is 354 g/mol. The summed E-state index contributed by atoms with van der Waals surface area (Å²) in [5, 5.41) is 0. The zero-order valence-corrected chi connectivity index (χ0v) is 14.0. The first kappa shape index (κ1) is 15.4. The molecular formula is C17H24BrFN2. The van der Waals surface area contributed by atoms with Gasteiger partial charge in [0.05, 0.1) is 0 Å². The predicted octanol–water partition coefficient (Wildman–Crippen LogP) is 4.24. The molecule has 1 aromatic rings. The van der Waals surface area contributed by atoms with Crippen LogP contribution < -0.4 is 5.73 Å². The van der Waals surface area contributed by atoms with Crippen molar-refractivity contribution in [2.24, 2.45) is 11.1 Å². The lowest BCUT2D eigenvalue weighted by Gasteiger charge is -2.43. The number of halogens is 2. The molecule has 0 bridgehead atoms. The minimum absolute atomic E-state index is 0.193. The van der Waals surface area contributed by atoms with Crippen molar-refractivity contribution in [2.75, 3.05) is 19.6 Å². The van der Waals surface area contributed by atoms with Gasteiger partial charge in [-0.2, -0.15) is 0 Å². The van der Waals surface area contributed by atoms with Gasteiger partial charge >= 0.3 is 0 Å². The highest BCUT2D eigenvalue weighted by molar-refractivity contribution is 9.10. The number of benzene rings is 1. The van der Waals surface area contributed by atoms with E-state index >= 15 is 0 Å². The molecule has 2 aliphatic rings. The lowest BCUT2D eigenvalue weighted by Crippen LogP contribution is -2.43. The van der Waals surface area contributed by atoms with Crippen LogP contribution >= 0.6 is 15.9 Å². The van der Waals surface area contributed by atoms with Crippen LogP contribution in [0.3, 0.4) is 0 Å². The van der Waals surface area contributed by atoms with Crippen LogP contribution in [0.15, 0.2) is 22.7 Å². The predicted molar refractivity (Wildman–Crippen MR) is 87.6 cm³/mol. The molecule has 21 heavy (non-hydrogen) atoms. The maximum Gasteiger partial charge on any atom is 0.124 e. The lowest BCUT2D eigenvalue weighted by molar-refractivity contribution is 0.0778. The molecule has 1 saturated heterocycles. The number of likely N-dealkylation sites (tertiary alicyclic amines) is 1. The van der Waals surface area contributed by atoms with Crippen molar-refractivity contribution in [1.82, 2.24) is 4.90 Å². The molecule has 4 heteroatoms. The zero-order valence-electron chi connectivity index (χ0n) is 12.5. The van der Waals surface area contributed by atoms with Crippen LogP contribution in [0, 0.1) is 11.2 Å². The van der Waals surface area contributed by atoms with Crippen molar-refractivity contribution < 1.29 is 4.39 Å². The molecule has 1 aliphatic heterocycles. The fraction of sp³-hybridized carbons (Fsp3) is 0.647. The van der Waals surface area contributed by atoms with E-state index in [2.05, 4.69) is 20.8 Å². The van der Waals surface area contributed by atoms with E-state index in [1.54, 1.807) is 6.07 Å². The maximum absolute atomic E-state index is 13.3. The van der Waals surface area contributed by atoms with Gasteiger partial charge in [-0.1, -0.05) is 34.8 Å². The molecule has 3 rings (SSSR count). The first-order valence-electron chi connectivity index (χ1n) is 8.03. The molecule has 1 spiro atoms. The van der Waals surface area contributed by atoms with Crippen molar-refractivity contribution in [3.63, 3.8) is 0 Å². The molecular weight excluding hydrogens is 331 g/mol. The summed E-state index contributed by atoms with van der Waals surface area (Å²) in [5.41, 5.74) is 7.76. The second kappa shape index (κ2) is 6.35. The minimum Gasteiger partial charge on any atom is -0.329 e. The van der Waals surface area contributed by atoms with E-state index in [4.69, 9.17) is 5.73 Å². The van der Waals surface area contributed by atoms with E-state index in [1.807, 2.05) is 6.07 Å². The summed E-state index contributed by atoms with van der Waals surface area (Å²) >= 11 is 3.49. The van der Waals surface area contributed by atoms with Crippen LogP contribution in [-0.2, 0) is 0 Å². The number of nitrogens with zero attached hydrogens (tertiary/aromatic N) is 1. The Kier molecular flexibility index (Phi) is 4.67. The first-order chi connectivity index (χ1) is 10.1. The third kappa shape index (κ3) is 3.17. The fourth-order valence-corrected chi connectivity index (χ4v) is 4.79. The Balaban J connectivity index is 1.72. The summed E-state index contributed by atoms with van der Waals surface area (Å²) in [4.78, 5) is 2.49. The second-order valence-corrected chi connectivity index (χ2v) is 7.51. The van der Waals surface area contributed by atoms with Crippen LogP contribution in [-0.4, -0.2) is 24.5 Å². The van der Waals surface area contributed by atoms with Gasteiger partial charge in [-0.3, -0.25) is 4.90 Å². The van der Waals surface area contributed by atoms with Crippen molar-refractivity contribution in [3.8, 4) is 0 Å². The third-order valence-corrected chi connectivity index (χ3v) is 6.20. The first-order valence-corrected chi connectivity index (χ1v) is 8.82. The van der Waals surface area contributed by atoms with Crippen molar-refractivity contribution in [1.29, 1.82) is 0 Å². The quantitative estimate of drug-likeness (QED) is 0.879. The Morgan fingerprint density at radius 1 is 1.19 bits per heavy atom. The van der Waals surface area contributed by atoms with Crippen LogP contribution in [0.5, 0.6) is 0 Å². The van der Waals surface area contributed by atoms with E-state index in [9.17, 15) is 4.39 Å². The number of rotatable bonds is 3. The summed E-state index contributed by atoms with van der Waals surface area (Å²) in [5.74, 6) is -0.204. The molecule has 1 aromatic carbocycles. The minimum atomic E-state index is -0.204. The third-order valence-electron chi connectivity index (χ3n) is 5.51. The van der Waals surface area contributed by atoms with Gasteiger partial charge in [0.2, 0.25) is 0 Å². The molecule has 2 N–H and O–H groups in total. The number of hydrogen-bond donors (Lipinski definition) is 1. The van der Waals surface area contributed by atoms with Gasteiger partial charge in [-0.15, -0.1) is 0 Å². The Morgan fingerprint density at radius 3 is 2.43 bits per heavy atom. The van der Waals surface area contributed by atoms with Crippen molar-refractivity contribution >= 4 is 15.9 Å². The molecule has 1 atom stereocenters. The molecule has 0 radical (unpaired) electrons. The highest BCUT2D eigenvalue weighted by atomic mass is 79.9. The molecule has 2 nitrogen and oxygen atoms in total. The van der Waals surface area contributed by atoms with Gasteiger partial charge in [0.15, 0.2) is 0 Å². The van der Waals surface area contributed by atoms with Gasteiger partial charge < -0.3 is 5.73 Å². The van der Waals surface area contributed by atoms with Gasteiger partial charge in [0.1, 0.15) is 5.82 Å². The Bertz CT molecular complexity index is 490. The number of piperidine rings is 1. The average Bonchev–Trinajstić information content (AvgIpc) is 2.92. The zero-order chi connectivity index (χ0) is 14.9. The smallest absolute Gasteiger partial charge is 0.124 e. The molecule has 0 aromatic heterocycles. The normalized spacial score (nSPS) is 23.6. The van der Waals surface area contributed by atoms with Gasteiger partial charge in [-0.05, 0) is 61.9 Å².